The highest BCUT2D eigenvalue weighted by atomic mass is 35.5. The van der Waals surface area contributed by atoms with Gasteiger partial charge in [0.15, 0.2) is 0 Å². The zero-order valence-electron chi connectivity index (χ0n) is 10.4. The lowest BCUT2D eigenvalue weighted by atomic mass is 10.1. The summed E-state index contributed by atoms with van der Waals surface area (Å²) in [4.78, 5) is 11.2. The van der Waals surface area contributed by atoms with Gasteiger partial charge in [-0.05, 0) is 18.2 Å². The van der Waals surface area contributed by atoms with Crippen molar-refractivity contribution in [3.63, 3.8) is 0 Å². The molecule has 0 radical (unpaired) electrons. The van der Waals surface area contributed by atoms with E-state index in [1.807, 2.05) is 0 Å². The van der Waals surface area contributed by atoms with Gasteiger partial charge in [-0.25, -0.2) is 4.79 Å². The average molecular weight is 297 g/mol. The molecule has 0 aliphatic carbocycles. The zero-order valence-corrected chi connectivity index (χ0v) is 11.2. The number of aromatic carboxylic acids is 1. The number of carbonyl (C=O) groups is 1. The maximum absolute atomic E-state index is 11.2. The summed E-state index contributed by atoms with van der Waals surface area (Å²) in [6.45, 7) is 0.162. The Morgan fingerprint density at radius 2 is 2.10 bits per heavy atom. The van der Waals surface area contributed by atoms with E-state index < -0.39 is 12.1 Å². The minimum atomic E-state index is -1.05. The molecule has 8 heteroatoms. The van der Waals surface area contributed by atoms with E-state index in [0.717, 1.165) is 0 Å². The Morgan fingerprint density at radius 3 is 2.70 bits per heavy atom. The number of halogens is 1. The largest absolute Gasteiger partial charge is 0.478 e. The molecule has 2 aromatic rings. The Balaban J connectivity index is 2.30. The Hall–Kier alpha value is -2.12. The number of benzene rings is 1. The third-order valence-corrected chi connectivity index (χ3v) is 3.01. The van der Waals surface area contributed by atoms with E-state index >= 15 is 0 Å². The lowest BCUT2D eigenvalue weighted by molar-refractivity contribution is 0.0697. The monoisotopic (exact) mass is 296 g/mol. The molecular formula is C12H13ClN4O3. The molecule has 1 aromatic carbocycles. The number of aromatic nitrogens is 3. The fourth-order valence-corrected chi connectivity index (χ4v) is 1.75. The molecule has 0 aliphatic rings. The Bertz CT molecular complexity index is 588. The Morgan fingerprint density at radius 1 is 1.40 bits per heavy atom. The number of carboxylic acid groups (broad SMARTS) is 1. The van der Waals surface area contributed by atoms with Crippen molar-refractivity contribution >= 4 is 23.3 Å². The first-order valence-electron chi connectivity index (χ1n) is 5.82. The zero-order chi connectivity index (χ0) is 14.5. The van der Waals surface area contributed by atoms with Crippen LogP contribution in [0.3, 0.4) is 0 Å². The van der Waals surface area contributed by atoms with Crippen molar-refractivity contribution in [2.24, 2.45) is 0 Å². The molecule has 0 saturated carbocycles. The topological polar surface area (TPSA) is 100 Å². The number of aliphatic hydroxyl groups is 1. The molecule has 0 aliphatic heterocycles. The van der Waals surface area contributed by atoms with Crippen LogP contribution < -0.4 is 5.32 Å². The van der Waals surface area contributed by atoms with Gasteiger partial charge in [0.2, 0.25) is 0 Å². The molecule has 106 valence electrons. The molecule has 7 nitrogen and oxygen atoms in total. The van der Waals surface area contributed by atoms with E-state index in [1.54, 1.807) is 16.7 Å². The van der Waals surface area contributed by atoms with E-state index in [-0.39, 0.29) is 18.0 Å². The second kappa shape index (κ2) is 6.36. The van der Waals surface area contributed by atoms with Gasteiger partial charge in [-0.15, -0.1) is 21.8 Å². The number of aliphatic hydroxyl groups excluding tert-OH is 1. The van der Waals surface area contributed by atoms with Gasteiger partial charge in [0.25, 0.3) is 0 Å². The van der Waals surface area contributed by atoms with Gasteiger partial charge in [-0.2, -0.15) is 0 Å². The third kappa shape index (κ3) is 3.25. The summed E-state index contributed by atoms with van der Waals surface area (Å²) in [5.74, 6) is -0.983. The van der Waals surface area contributed by atoms with Crippen LogP contribution in [0, 0.1) is 0 Å². The fraction of sp³-hybridized carbons (Fsp3) is 0.250. The van der Waals surface area contributed by atoms with Gasteiger partial charge in [0, 0.05) is 6.54 Å². The lowest BCUT2D eigenvalue weighted by Crippen LogP contribution is -2.22. The van der Waals surface area contributed by atoms with Gasteiger partial charge in [-0.1, -0.05) is 0 Å². The van der Waals surface area contributed by atoms with Crippen LogP contribution in [0.5, 0.6) is 0 Å². The van der Waals surface area contributed by atoms with Crippen molar-refractivity contribution in [3.8, 4) is 5.69 Å². The lowest BCUT2D eigenvalue weighted by Gasteiger charge is -2.13. The SMILES string of the molecule is O=C(O)c1ccc(-n2cnnc2)cc1NCC(O)CCl. The molecule has 20 heavy (non-hydrogen) atoms. The Kier molecular flexibility index (Phi) is 4.54. The van der Waals surface area contributed by atoms with Gasteiger partial charge in [-0.3, -0.25) is 4.57 Å². The van der Waals surface area contributed by atoms with Crippen LogP contribution in [-0.2, 0) is 0 Å². The first-order valence-corrected chi connectivity index (χ1v) is 6.35. The van der Waals surface area contributed by atoms with E-state index in [0.29, 0.717) is 11.4 Å². The smallest absolute Gasteiger partial charge is 0.337 e. The molecule has 1 heterocycles. The van der Waals surface area contributed by atoms with E-state index in [9.17, 15) is 9.90 Å². The molecule has 1 unspecified atom stereocenters. The van der Waals surface area contributed by atoms with Gasteiger partial charge < -0.3 is 15.5 Å². The van der Waals surface area contributed by atoms with Crippen molar-refractivity contribution in [2.45, 2.75) is 6.10 Å². The van der Waals surface area contributed by atoms with Crippen LogP contribution in [-0.4, -0.2) is 49.5 Å². The summed E-state index contributed by atoms with van der Waals surface area (Å²) in [6, 6.07) is 4.77. The minimum Gasteiger partial charge on any atom is -0.478 e. The van der Waals surface area contributed by atoms with E-state index in [4.69, 9.17) is 16.7 Å². The second-order valence-electron chi connectivity index (χ2n) is 4.09. The summed E-state index contributed by atoms with van der Waals surface area (Å²) < 4.78 is 1.65. The van der Waals surface area contributed by atoms with Gasteiger partial charge >= 0.3 is 5.97 Å². The maximum atomic E-state index is 11.2. The predicted molar refractivity (Wildman–Crippen MR) is 73.5 cm³/mol. The highest BCUT2D eigenvalue weighted by Gasteiger charge is 2.12. The summed E-state index contributed by atoms with van der Waals surface area (Å²) in [7, 11) is 0. The van der Waals surface area contributed by atoms with E-state index in [1.165, 1.54) is 18.7 Å². The standard InChI is InChI=1S/C12H13ClN4O3/c13-4-9(18)5-14-11-3-8(17-6-15-16-7-17)1-2-10(11)12(19)20/h1-3,6-7,9,14,18H,4-5H2,(H,19,20). The fourth-order valence-electron chi connectivity index (χ4n) is 1.64. The molecule has 0 saturated heterocycles. The summed E-state index contributed by atoms with van der Waals surface area (Å²) in [5, 5.41) is 28.8. The van der Waals surface area contributed by atoms with Crippen LogP contribution in [0.4, 0.5) is 5.69 Å². The van der Waals surface area contributed by atoms with Crippen molar-refractivity contribution in [2.75, 3.05) is 17.7 Å². The molecule has 0 spiro atoms. The maximum Gasteiger partial charge on any atom is 0.337 e. The summed E-state index contributed by atoms with van der Waals surface area (Å²) >= 11 is 5.51. The molecule has 0 fully saturated rings. The number of carboxylic acids is 1. The number of anilines is 1. The van der Waals surface area contributed by atoms with Crippen molar-refractivity contribution < 1.29 is 15.0 Å². The second-order valence-corrected chi connectivity index (χ2v) is 4.40. The molecule has 0 amide bonds. The highest BCUT2D eigenvalue weighted by molar-refractivity contribution is 6.18. The van der Waals surface area contributed by atoms with Crippen LogP contribution >= 0.6 is 11.6 Å². The van der Waals surface area contributed by atoms with Crippen LogP contribution in [0.2, 0.25) is 0 Å². The number of hydrogen-bond donors (Lipinski definition) is 3. The summed E-state index contributed by atoms with van der Waals surface area (Å²) in [5.41, 5.74) is 1.22. The molecule has 1 atom stereocenters. The highest BCUT2D eigenvalue weighted by Crippen LogP contribution is 2.20. The third-order valence-electron chi connectivity index (χ3n) is 2.66. The molecular weight excluding hydrogens is 284 g/mol. The average Bonchev–Trinajstić information content (AvgIpc) is 2.98. The first kappa shape index (κ1) is 14.3. The number of nitrogens with one attached hydrogen (secondary N) is 1. The molecule has 1 aromatic heterocycles. The predicted octanol–water partition coefficient (Wildman–Crippen LogP) is 0.977. The number of rotatable bonds is 6. The van der Waals surface area contributed by atoms with Gasteiger partial charge in [0.1, 0.15) is 12.7 Å². The molecule has 3 N–H and O–H groups in total. The van der Waals surface area contributed by atoms with Crippen LogP contribution in [0.25, 0.3) is 5.69 Å². The molecule has 0 bridgehead atoms. The van der Waals surface area contributed by atoms with Crippen molar-refractivity contribution in [1.29, 1.82) is 0 Å². The molecule has 2 rings (SSSR count). The van der Waals surface area contributed by atoms with Crippen molar-refractivity contribution in [3.05, 3.63) is 36.4 Å². The Labute approximate surface area is 119 Å². The minimum absolute atomic E-state index is 0.0700. The van der Waals surface area contributed by atoms with Crippen molar-refractivity contribution in [1.82, 2.24) is 14.8 Å². The summed E-state index contributed by atoms with van der Waals surface area (Å²) in [6.07, 6.45) is 2.26. The quantitative estimate of drug-likeness (QED) is 0.687. The number of hydrogen-bond acceptors (Lipinski definition) is 5. The number of nitrogens with zero attached hydrogens (tertiary/aromatic N) is 3. The number of alkyl halides is 1. The van der Waals surface area contributed by atoms with Gasteiger partial charge in [0.05, 0.1) is 28.9 Å². The normalized spacial score (nSPS) is 12.1. The first-order chi connectivity index (χ1) is 9.61. The van der Waals surface area contributed by atoms with Crippen LogP contribution in [0.1, 0.15) is 10.4 Å². The van der Waals surface area contributed by atoms with E-state index in [2.05, 4.69) is 15.5 Å². The van der Waals surface area contributed by atoms with Crippen LogP contribution in [0.15, 0.2) is 30.9 Å².